The average molecular weight is 241 g/mol. The highest BCUT2D eigenvalue weighted by Gasteiger charge is 2.20. The fraction of sp³-hybridized carbons (Fsp3) is 0.364. The Bertz CT molecular complexity index is 492. The molecular formula is C11H15NO3S. The van der Waals surface area contributed by atoms with Crippen molar-refractivity contribution in [2.45, 2.75) is 18.2 Å². The second kappa shape index (κ2) is 4.76. The van der Waals surface area contributed by atoms with Gasteiger partial charge in [0.1, 0.15) is 5.78 Å². The molecule has 0 amide bonds. The fourth-order valence-corrected chi connectivity index (χ4v) is 2.48. The zero-order valence-electron chi connectivity index (χ0n) is 9.60. The van der Waals surface area contributed by atoms with Crippen LogP contribution >= 0.6 is 0 Å². The van der Waals surface area contributed by atoms with Crippen LogP contribution in [0.3, 0.4) is 0 Å². The van der Waals surface area contributed by atoms with Crippen LogP contribution in [-0.2, 0) is 21.2 Å². The lowest BCUT2D eigenvalue weighted by Crippen LogP contribution is -2.23. The van der Waals surface area contributed by atoms with Crippen LogP contribution in [0.1, 0.15) is 12.5 Å². The van der Waals surface area contributed by atoms with E-state index in [0.717, 1.165) is 4.31 Å². The Balaban J connectivity index is 3.29. The lowest BCUT2D eigenvalue weighted by atomic mass is 10.1. The van der Waals surface area contributed by atoms with E-state index in [1.807, 2.05) is 0 Å². The van der Waals surface area contributed by atoms with Gasteiger partial charge in [-0.25, -0.2) is 12.7 Å². The number of ketones is 1. The Kier molecular flexibility index (Phi) is 3.83. The van der Waals surface area contributed by atoms with E-state index in [1.165, 1.54) is 27.1 Å². The summed E-state index contributed by atoms with van der Waals surface area (Å²) in [6.07, 6.45) is 0.142. The van der Waals surface area contributed by atoms with Crippen molar-refractivity contribution in [2.24, 2.45) is 0 Å². The summed E-state index contributed by atoms with van der Waals surface area (Å²) in [6.45, 7) is 1.44. The van der Waals surface area contributed by atoms with Crippen molar-refractivity contribution in [3.05, 3.63) is 29.8 Å². The minimum Gasteiger partial charge on any atom is -0.300 e. The van der Waals surface area contributed by atoms with Crippen LogP contribution < -0.4 is 0 Å². The van der Waals surface area contributed by atoms with Crippen molar-refractivity contribution in [1.82, 2.24) is 4.31 Å². The van der Waals surface area contributed by atoms with Crippen molar-refractivity contribution < 1.29 is 13.2 Å². The third kappa shape index (κ3) is 2.68. The Morgan fingerprint density at radius 3 is 2.31 bits per heavy atom. The Morgan fingerprint density at radius 2 is 1.81 bits per heavy atom. The summed E-state index contributed by atoms with van der Waals surface area (Å²) in [4.78, 5) is 11.3. The van der Waals surface area contributed by atoms with Crippen molar-refractivity contribution in [2.75, 3.05) is 14.1 Å². The van der Waals surface area contributed by atoms with Crippen LogP contribution in [0, 0.1) is 0 Å². The highest BCUT2D eigenvalue weighted by atomic mass is 32.2. The lowest BCUT2D eigenvalue weighted by Gasteiger charge is -2.14. The zero-order valence-corrected chi connectivity index (χ0v) is 10.4. The molecule has 0 spiro atoms. The zero-order chi connectivity index (χ0) is 12.3. The molecule has 0 bridgehead atoms. The van der Waals surface area contributed by atoms with Crippen LogP contribution in [-0.4, -0.2) is 32.6 Å². The van der Waals surface area contributed by atoms with Crippen molar-refractivity contribution >= 4 is 15.8 Å². The molecule has 0 aliphatic rings. The van der Waals surface area contributed by atoms with Crippen LogP contribution in [0.4, 0.5) is 0 Å². The van der Waals surface area contributed by atoms with E-state index < -0.39 is 10.0 Å². The third-order valence-electron chi connectivity index (χ3n) is 2.17. The number of sulfonamides is 1. The molecule has 0 aliphatic carbocycles. The number of hydrogen-bond donors (Lipinski definition) is 0. The topological polar surface area (TPSA) is 54.5 Å². The second-order valence-corrected chi connectivity index (χ2v) is 5.89. The number of nitrogens with zero attached hydrogens (tertiary/aromatic N) is 1. The van der Waals surface area contributed by atoms with Gasteiger partial charge in [-0.05, 0) is 18.6 Å². The van der Waals surface area contributed by atoms with Crippen LogP contribution in [0.15, 0.2) is 29.2 Å². The van der Waals surface area contributed by atoms with E-state index in [1.54, 1.807) is 18.2 Å². The Morgan fingerprint density at radius 1 is 1.25 bits per heavy atom. The minimum atomic E-state index is -3.47. The molecule has 88 valence electrons. The standard InChI is InChI=1S/C11H15NO3S/c1-9(13)8-10-6-4-5-7-11(10)16(14,15)12(2)3/h4-7H,8H2,1-3H3. The maximum absolute atomic E-state index is 11.9. The molecular weight excluding hydrogens is 226 g/mol. The molecule has 4 nitrogen and oxygen atoms in total. The van der Waals surface area contributed by atoms with E-state index in [2.05, 4.69) is 0 Å². The van der Waals surface area contributed by atoms with Crippen molar-refractivity contribution in [3.63, 3.8) is 0 Å². The molecule has 1 aromatic rings. The average Bonchev–Trinajstić information content (AvgIpc) is 2.17. The number of rotatable bonds is 4. The van der Waals surface area contributed by atoms with Crippen LogP contribution in [0.25, 0.3) is 0 Å². The molecule has 0 fully saturated rings. The number of carbonyl (C=O) groups is 1. The summed E-state index contributed by atoms with van der Waals surface area (Å²) in [5.74, 6) is -0.0543. The molecule has 16 heavy (non-hydrogen) atoms. The molecule has 0 atom stereocenters. The Hall–Kier alpha value is -1.20. The predicted molar refractivity (Wildman–Crippen MR) is 61.7 cm³/mol. The number of Topliss-reactive ketones (excluding diaryl/α,β-unsaturated/α-hetero) is 1. The van der Waals surface area contributed by atoms with Gasteiger partial charge in [-0.15, -0.1) is 0 Å². The smallest absolute Gasteiger partial charge is 0.242 e. The molecule has 0 aliphatic heterocycles. The van der Waals surface area contributed by atoms with E-state index in [4.69, 9.17) is 0 Å². The summed E-state index contributed by atoms with van der Waals surface area (Å²) in [6, 6.07) is 6.57. The van der Waals surface area contributed by atoms with Gasteiger partial charge in [0, 0.05) is 20.5 Å². The highest BCUT2D eigenvalue weighted by Crippen LogP contribution is 2.18. The Labute approximate surface area is 95.9 Å². The third-order valence-corrected chi connectivity index (χ3v) is 4.09. The first kappa shape index (κ1) is 12.9. The van der Waals surface area contributed by atoms with Gasteiger partial charge in [-0.1, -0.05) is 18.2 Å². The SMILES string of the molecule is CC(=O)Cc1ccccc1S(=O)(=O)N(C)C. The maximum Gasteiger partial charge on any atom is 0.242 e. The molecule has 0 unspecified atom stereocenters. The monoisotopic (exact) mass is 241 g/mol. The molecule has 0 saturated heterocycles. The molecule has 5 heteroatoms. The van der Waals surface area contributed by atoms with Gasteiger partial charge in [0.2, 0.25) is 10.0 Å². The predicted octanol–water partition coefficient (Wildman–Crippen LogP) is 1.07. The molecule has 1 aromatic carbocycles. The van der Waals surface area contributed by atoms with Crippen LogP contribution in [0.2, 0.25) is 0 Å². The first-order chi connectivity index (χ1) is 7.35. The maximum atomic E-state index is 11.9. The number of benzene rings is 1. The van der Waals surface area contributed by atoms with Gasteiger partial charge >= 0.3 is 0 Å². The fourth-order valence-electron chi connectivity index (χ4n) is 1.37. The van der Waals surface area contributed by atoms with E-state index >= 15 is 0 Å². The minimum absolute atomic E-state index is 0.0543. The van der Waals surface area contributed by atoms with Gasteiger partial charge in [0.15, 0.2) is 0 Å². The summed E-state index contributed by atoms with van der Waals surface area (Å²) in [5.41, 5.74) is 0.545. The summed E-state index contributed by atoms with van der Waals surface area (Å²) in [7, 11) is -0.528. The number of hydrogen-bond acceptors (Lipinski definition) is 3. The normalized spacial score (nSPS) is 11.8. The van der Waals surface area contributed by atoms with Crippen molar-refractivity contribution in [3.8, 4) is 0 Å². The highest BCUT2D eigenvalue weighted by molar-refractivity contribution is 7.89. The van der Waals surface area contributed by atoms with E-state index in [-0.39, 0.29) is 17.1 Å². The first-order valence-corrected chi connectivity index (χ1v) is 6.29. The molecule has 1 rings (SSSR count). The van der Waals surface area contributed by atoms with Crippen LogP contribution in [0.5, 0.6) is 0 Å². The van der Waals surface area contributed by atoms with E-state index in [9.17, 15) is 13.2 Å². The molecule has 0 aromatic heterocycles. The molecule has 0 saturated carbocycles. The molecule has 0 radical (unpaired) electrons. The van der Waals surface area contributed by atoms with Gasteiger partial charge in [-0.3, -0.25) is 4.79 Å². The van der Waals surface area contributed by atoms with Gasteiger partial charge in [0.25, 0.3) is 0 Å². The first-order valence-electron chi connectivity index (χ1n) is 4.85. The number of carbonyl (C=O) groups excluding carboxylic acids is 1. The quantitative estimate of drug-likeness (QED) is 0.792. The summed E-state index contributed by atoms with van der Waals surface area (Å²) >= 11 is 0. The molecule has 0 N–H and O–H groups in total. The van der Waals surface area contributed by atoms with E-state index in [0.29, 0.717) is 5.56 Å². The van der Waals surface area contributed by atoms with Gasteiger partial charge in [-0.2, -0.15) is 0 Å². The van der Waals surface area contributed by atoms with Crippen molar-refractivity contribution in [1.29, 1.82) is 0 Å². The van der Waals surface area contributed by atoms with Gasteiger partial charge < -0.3 is 0 Å². The van der Waals surface area contributed by atoms with Gasteiger partial charge in [0.05, 0.1) is 4.90 Å². The largest absolute Gasteiger partial charge is 0.300 e. The molecule has 0 heterocycles. The lowest BCUT2D eigenvalue weighted by molar-refractivity contribution is -0.116. The summed E-state index contributed by atoms with van der Waals surface area (Å²) in [5, 5.41) is 0. The second-order valence-electron chi connectivity index (χ2n) is 3.77. The summed E-state index contributed by atoms with van der Waals surface area (Å²) < 4.78 is 25.0.